The van der Waals surface area contributed by atoms with Crippen LogP contribution in [-0.4, -0.2) is 28.1 Å². The lowest BCUT2D eigenvalue weighted by atomic mass is 10.2. The van der Waals surface area contributed by atoms with E-state index >= 15 is 0 Å². The molecule has 2 atom stereocenters. The third-order valence-electron chi connectivity index (χ3n) is 2.90. The van der Waals surface area contributed by atoms with Crippen molar-refractivity contribution in [3.63, 3.8) is 0 Å². The molecule has 0 saturated carbocycles. The van der Waals surface area contributed by atoms with Gasteiger partial charge in [0.1, 0.15) is 0 Å². The highest BCUT2D eigenvalue weighted by atomic mass is 16.5. The molecule has 4 nitrogen and oxygen atoms in total. The lowest BCUT2D eigenvalue weighted by Crippen LogP contribution is -2.24. The zero-order chi connectivity index (χ0) is 12.1. The molecular weight excluding hydrogens is 202 g/mol. The van der Waals surface area contributed by atoms with Gasteiger partial charge in [0, 0.05) is 6.54 Å². The minimum Gasteiger partial charge on any atom is -0.338 e. The molecular formula is C12H23N3O. The van der Waals surface area contributed by atoms with Crippen LogP contribution in [0.15, 0.2) is 4.52 Å². The van der Waals surface area contributed by atoms with Gasteiger partial charge in [-0.05, 0) is 32.7 Å². The molecule has 92 valence electrons. The molecule has 0 bridgehead atoms. The third-order valence-corrected chi connectivity index (χ3v) is 2.90. The van der Waals surface area contributed by atoms with Crippen LogP contribution in [0.5, 0.6) is 0 Å². The number of hydrogen-bond donors (Lipinski definition) is 0. The Hall–Kier alpha value is -0.900. The molecule has 2 rings (SSSR count). The van der Waals surface area contributed by atoms with Gasteiger partial charge in [-0.25, -0.2) is 0 Å². The maximum atomic E-state index is 5.17. The summed E-state index contributed by atoms with van der Waals surface area (Å²) in [6, 6.07) is 0.265. The predicted molar refractivity (Wildman–Crippen MR) is 64.2 cm³/mol. The SMILES string of the molecule is CC.Cc1noc(C(C)N2CCC(C)C2)n1. The highest BCUT2D eigenvalue weighted by Gasteiger charge is 2.26. The van der Waals surface area contributed by atoms with Crippen LogP contribution in [0.1, 0.15) is 51.9 Å². The van der Waals surface area contributed by atoms with Gasteiger partial charge in [-0.3, -0.25) is 4.90 Å². The van der Waals surface area contributed by atoms with Crippen LogP contribution in [0.4, 0.5) is 0 Å². The fraction of sp³-hybridized carbons (Fsp3) is 0.833. The number of aryl methyl sites for hydroxylation is 1. The summed E-state index contributed by atoms with van der Waals surface area (Å²) < 4.78 is 5.17. The van der Waals surface area contributed by atoms with E-state index in [1.807, 2.05) is 20.8 Å². The van der Waals surface area contributed by atoms with Crippen molar-refractivity contribution >= 4 is 0 Å². The Balaban J connectivity index is 0.000000606. The van der Waals surface area contributed by atoms with Crippen molar-refractivity contribution in [3.05, 3.63) is 11.7 Å². The average Bonchev–Trinajstić information content (AvgIpc) is 2.89. The van der Waals surface area contributed by atoms with Gasteiger partial charge in [0.15, 0.2) is 5.82 Å². The van der Waals surface area contributed by atoms with Gasteiger partial charge in [0.2, 0.25) is 5.89 Å². The van der Waals surface area contributed by atoms with E-state index in [0.29, 0.717) is 0 Å². The Kier molecular flexibility index (Phi) is 4.93. The van der Waals surface area contributed by atoms with Gasteiger partial charge >= 0.3 is 0 Å². The first-order valence-electron chi connectivity index (χ1n) is 6.21. The van der Waals surface area contributed by atoms with Crippen LogP contribution in [0, 0.1) is 12.8 Å². The summed E-state index contributed by atoms with van der Waals surface area (Å²) in [4.78, 5) is 6.66. The van der Waals surface area contributed by atoms with E-state index in [1.165, 1.54) is 6.42 Å². The molecule has 0 radical (unpaired) electrons. The fourth-order valence-electron chi connectivity index (χ4n) is 1.96. The normalized spacial score (nSPS) is 22.7. The zero-order valence-electron chi connectivity index (χ0n) is 11.0. The van der Waals surface area contributed by atoms with Gasteiger partial charge in [-0.2, -0.15) is 4.98 Å². The van der Waals surface area contributed by atoms with Gasteiger partial charge in [0.25, 0.3) is 0 Å². The first kappa shape index (κ1) is 13.2. The number of likely N-dealkylation sites (tertiary alicyclic amines) is 1. The Morgan fingerprint density at radius 3 is 2.56 bits per heavy atom. The van der Waals surface area contributed by atoms with Crippen LogP contribution in [0.2, 0.25) is 0 Å². The second-order valence-electron chi connectivity index (χ2n) is 4.24. The molecule has 0 aliphatic carbocycles. The van der Waals surface area contributed by atoms with E-state index in [2.05, 4.69) is 28.9 Å². The zero-order valence-corrected chi connectivity index (χ0v) is 11.0. The van der Waals surface area contributed by atoms with Crippen LogP contribution in [0.25, 0.3) is 0 Å². The van der Waals surface area contributed by atoms with Crippen molar-refractivity contribution < 1.29 is 4.52 Å². The highest BCUT2D eigenvalue weighted by molar-refractivity contribution is 4.92. The van der Waals surface area contributed by atoms with Gasteiger partial charge in [-0.1, -0.05) is 25.9 Å². The molecule has 1 aromatic heterocycles. The summed E-state index contributed by atoms with van der Waals surface area (Å²) in [7, 11) is 0. The molecule has 1 saturated heterocycles. The fourth-order valence-corrected chi connectivity index (χ4v) is 1.96. The minimum absolute atomic E-state index is 0.265. The summed E-state index contributed by atoms with van der Waals surface area (Å²) >= 11 is 0. The molecule has 4 heteroatoms. The molecule has 0 amide bonds. The molecule has 2 unspecified atom stereocenters. The lowest BCUT2D eigenvalue weighted by Gasteiger charge is -2.20. The summed E-state index contributed by atoms with van der Waals surface area (Å²) in [5, 5.41) is 3.82. The van der Waals surface area contributed by atoms with E-state index in [-0.39, 0.29) is 6.04 Å². The van der Waals surface area contributed by atoms with Crippen LogP contribution < -0.4 is 0 Å². The summed E-state index contributed by atoms with van der Waals surface area (Å²) in [5.41, 5.74) is 0. The number of rotatable bonds is 2. The molecule has 1 aliphatic heterocycles. The van der Waals surface area contributed by atoms with Gasteiger partial charge in [0.05, 0.1) is 6.04 Å². The number of aromatic nitrogens is 2. The first-order valence-corrected chi connectivity index (χ1v) is 6.21. The van der Waals surface area contributed by atoms with Crippen molar-refractivity contribution in [1.29, 1.82) is 0 Å². The van der Waals surface area contributed by atoms with E-state index in [9.17, 15) is 0 Å². The summed E-state index contributed by atoms with van der Waals surface area (Å²) in [5.74, 6) is 2.26. The van der Waals surface area contributed by atoms with E-state index < -0.39 is 0 Å². The van der Waals surface area contributed by atoms with E-state index in [0.717, 1.165) is 30.7 Å². The molecule has 0 spiro atoms. The molecule has 2 heterocycles. The monoisotopic (exact) mass is 225 g/mol. The van der Waals surface area contributed by atoms with Crippen LogP contribution in [-0.2, 0) is 0 Å². The largest absolute Gasteiger partial charge is 0.338 e. The Bertz CT molecular complexity index is 311. The highest BCUT2D eigenvalue weighted by Crippen LogP contribution is 2.25. The number of hydrogen-bond acceptors (Lipinski definition) is 4. The lowest BCUT2D eigenvalue weighted by molar-refractivity contribution is 0.204. The minimum atomic E-state index is 0.265. The van der Waals surface area contributed by atoms with Gasteiger partial charge in [-0.15, -0.1) is 0 Å². The van der Waals surface area contributed by atoms with Crippen molar-refractivity contribution in [3.8, 4) is 0 Å². The second-order valence-corrected chi connectivity index (χ2v) is 4.24. The Morgan fingerprint density at radius 1 is 1.44 bits per heavy atom. The van der Waals surface area contributed by atoms with Crippen molar-refractivity contribution in [2.24, 2.45) is 5.92 Å². The smallest absolute Gasteiger partial charge is 0.243 e. The maximum absolute atomic E-state index is 5.17. The molecule has 1 fully saturated rings. The molecule has 0 N–H and O–H groups in total. The van der Waals surface area contributed by atoms with E-state index in [4.69, 9.17) is 4.52 Å². The first-order chi connectivity index (χ1) is 7.66. The Morgan fingerprint density at radius 2 is 2.12 bits per heavy atom. The summed E-state index contributed by atoms with van der Waals surface area (Å²) in [6.07, 6.45) is 1.28. The second kappa shape index (κ2) is 5.99. The van der Waals surface area contributed by atoms with Crippen molar-refractivity contribution in [1.82, 2.24) is 15.0 Å². The molecule has 16 heavy (non-hydrogen) atoms. The van der Waals surface area contributed by atoms with E-state index in [1.54, 1.807) is 0 Å². The third kappa shape index (κ3) is 3.04. The maximum Gasteiger partial charge on any atom is 0.243 e. The molecule has 1 aliphatic rings. The van der Waals surface area contributed by atoms with Crippen molar-refractivity contribution in [2.75, 3.05) is 13.1 Å². The van der Waals surface area contributed by atoms with Gasteiger partial charge < -0.3 is 4.52 Å². The van der Waals surface area contributed by atoms with Crippen molar-refractivity contribution in [2.45, 2.75) is 47.1 Å². The predicted octanol–water partition coefficient (Wildman–Crippen LogP) is 2.81. The molecule has 1 aromatic rings. The quantitative estimate of drug-likeness (QED) is 0.776. The molecule has 0 aromatic carbocycles. The summed E-state index contributed by atoms with van der Waals surface area (Å²) in [6.45, 7) is 12.6. The standard InChI is InChI=1S/C10H17N3O.C2H6/c1-7-4-5-13(6-7)8(2)10-11-9(3)12-14-10;1-2/h7-8H,4-6H2,1-3H3;1-2H3. The van der Waals surface area contributed by atoms with Crippen LogP contribution >= 0.6 is 0 Å². The number of nitrogens with zero attached hydrogens (tertiary/aromatic N) is 3. The van der Waals surface area contributed by atoms with Crippen LogP contribution in [0.3, 0.4) is 0 Å². The average molecular weight is 225 g/mol. The topological polar surface area (TPSA) is 42.2 Å². The Labute approximate surface area is 98.0 Å².